The lowest BCUT2D eigenvalue weighted by Gasteiger charge is -2.27. The molecule has 1 unspecified atom stereocenters. The number of thioether (sulfide) groups is 1. The summed E-state index contributed by atoms with van der Waals surface area (Å²) in [4.78, 5) is 20.1. The number of likely N-dealkylation sites (N-methyl/N-ethyl adjacent to an activating group) is 1. The average molecular weight is 269 g/mol. The van der Waals surface area contributed by atoms with Gasteiger partial charge < -0.3 is 10.1 Å². The summed E-state index contributed by atoms with van der Waals surface area (Å²) in [6, 6.07) is 0. The summed E-state index contributed by atoms with van der Waals surface area (Å²) >= 11 is 1.48. The number of hydrogen-bond donors (Lipinski definition) is 1. The Bertz CT molecular complexity index is 375. The van der Waals surface area contributed by atoms with Crippen molar-refractivity contribution < 1.29 is 9.53 Å². The Balaban J connectivity index is 2.65. The van der Waals surface area contributed by atoms with E-state index in [2.05, 4.69) is 15.3 Å². The third kappa shape index (κ3) is 4.27. The highest BCUT2D eigenvalue weighted by Crippen LogP contribution is 2.21. The van der Waals surface area contributed by atoms with Crippen LogP contribution in [0.15, 0.2) is 23.6 Å². The van der Waals surface area contributed by atoms with E-state index in [1.54, 1.807) is 25.5 Å². The number of ether oxygens (including phenoxy) is 1. The fourth-order valence-corrected chi connectivity index (χ4v) is 2.37. The lowest BCUT2D eigenvalue weighted by molar-refractivity contribution is -0.149. The number of aromatic nitrogens is 2. The van der Waals surface area contributed by atoms with Gasteiger partial charge in [0.05, 0.1) is 12.8 Å². The van der Waals surface area contributed by atoms with Crippen LogP contribution in [0.5, 0.6) is 0 Å². The molecule has 0 saturated carbocycles. The van der Waals surface area contributed by atoms with Gasteiger partial charge in [0.2, 0.25) is 0 Å². The van der Waals surface area contributed by atoms with Crippen molar-refractivity contribution in [3.05, 3.63) is 18.6 Å². The lowest BCUT2D eigenvalue weighted by Crippen LogP contribution is -2.52. The first-order valence-electron chi connectivity index (χ1n) is 5.93. The van der Waals surface area contributed by atoms with Gasteiger partial charge in [-0.15, -0.1) is 11.8 Å². The van der Waals surface area contributed by atoms with Crippen LogP contribution in [0.4, 0.5) is 0 Å². The molecule has 5 nitrogen and oxygen atoms in total. The third-order valence-electron chi connectivity index (χ3n) is 2.34. The normalized spacial score (nSPS) is 13.9. The van der Waals surface area contributed by atoms with Crippen molar-refractivity contribution in [2.75, 3.05) is 18.9 Å². The summed E-state index contributed by atoms with van der Waals surface area (Å²) in [7, 11) is 0. The Morgan fingerprint density at radius 3 is 2.83 bits per heavy atom. The fourth-order valence-electron chi connectivity index (χ4n) is 1.44. The van der Waals surface area contributed by atoms with Gasteiger partial charge in [-0.3, -0.25) is 9.78 Å². The first-order chi connectivity index (χ1) is 8.62. The molecule has 0 bridgehead atoms. The van der Waals surface area contributed by atoms with Crippen LogP contribution < -0.4 is 5.32 Å². The molecule has 0 aliphatic heterocycles. The lowest BCUT2D eigenvalue weighted by atomic mass is 10.1. The highest BCUT2D eigenvalue weighted by molar-refractivity contribution is 7.99. The number of nitrogens with zero attached hydrogens (tertiary/aromatic N) is 2. The van der Waals surface area contributed by atoms with Gasteiger partial charge in [-0.05, 0) is 20.4 Å². The van der Waals surface area contributed by atoms with Crippen LogP contribution in [0.2, 0.25) is 0 Å². The minimum atomic E-state index is -0.701. The second-order valence-corrected chi connectivity index (χ2v) is 4.91. The third-order valence-corrected chi connectivity index (χ3v) is 3.57. The Kier molecular flexibility index (Phi) is 6.07. The van der Waals surface area contributed by atoms with Crippen molar-refractivity contribution in [1.82, 2.24) is 15.3 Å². The van der Waals surface area contributed by atoms with Crippen LogP contribution in [0.25, 0.3) is 0 Å². The van der Waals surface area contributed by atoms with Gasteiger partial charge in [0.1, 0.15) is 10.6 Å². The molecular formula is C12H19N3O2S. The molecule has 0 aromatic carbocycles. The molecular weight excluding hydrogens is 250 g/mol. The Morgan fingerprint density at radius 1 is 1.50 bits per heavy atom. The Morgan fingerprint density at radius 2 is 2.28 bits per heavy atom. The average Bonchev–Trinajstić information content (AvgIpc) is 2.38. The molecule has 18 heavy (non-hydrogen) atoms. The van der Waals surface area contributed by atoms with Crippen molar-refractivity contribution in [2.45, 2.75) is 31.3 Å². The Hall–Kier alpha value is -1.14. The van der Waals surface area contributed by atoms with Gasteiger partial charge in [-0.2, -0.15) is 0 Å². The molecule has 0 aliphatic carbocycles. The first kappa shape index (κ1) is 14.9. The van der Waals surface area contributed by atoms with Gasteiger partial charge in [0, 0.05) is 18.1 Å². The van der Waals surface area contributed by atoms with Crippen molar-refractivity contribution in [2.24, 2.45) is 0 Å². The van der Waals surface area contributed by atoms with Crippen molar-refractivity contribution >= 4 is 17.7 Å². The van der Waals surface area contributed by atoms with E-state index in [9.17, 15) is 4.79 Å². The van der Waals surface area contributed by atoms with Crippen molar-refractivity contribution in [3.8, 4) is 0 Å². The molecule has 1 rings (SSSR count). The largest absolute Gasteiger partial charge is 0.465 e. The highest BCUT2D eigenvalue weighted by atomic mass is 32.2. The van der Waals surface area contributed by atoms with Crippen LogP contribution in [0.3, 0.4) is 0 Å². The molecule has 1 aromatic heterocycles. The fraction of sp³-hybridized carbons (Fsp3) is 0.583. The molecule has 1 heterocycles. The van der Waals surface area contributed by atoms with Crippen LogP contribution in [0.1, 0.15) is 20.8 Å². The summed E-state index contributed by atoms with van der Waals surface area (Å²) in [5, 5.41) is 3.97. The zero-order chi connectivity index (χ0) is 13.4. The summed E-state index contributed by atoms with van der Waals surface area (Å²) in [6.07, 6.45) is 4.94. The summed E-state index contributed by atoms with van der Waals surface area (Å²) in [5.41, 5.74) is -0.701. The summed E-state index contributed by atoms with van der Waals surface area (Å²) < 4.78 is 5.10. The SMILES string of the molecule is CCNC(C)(CSc1cnccn1)C(=O)OCC. The molecule has 0 saturated heterocycles. The maximum Gasteiger partial charge on any atom is 0.326 e. The van der Waals surface area contributed by atoms with Crippen molar-refractivity contribution in [1.29, 1.82) is 0 Å². The maximum absolute atomic E-state index is 11.9. The topological polar surface area (TPSA) is 64.1 Å². The van der Waals surface area contributed by atoms with Crippen LogP contribution in [-0.4, -0.2) is 40.4 Å². The van der Waals surface area contributed by atoms with Crippen LogP contribution in [-0.2, 0) is 9.53 Å². The quantitative estimate of drug-likeness (QED) is 0.598. The zero-order valence-electron chi connectivity index (χ0n) is 11.0. The second-order valence-electron chi connectivity index (χ2n) is 3.92. The summed E-state index contributed by atoms with van der Waals surface area (Å²) in [6.45, 7) is 6.70. The van der Waals surface area contributed by atoms with Crippen molar-refractivity contribution in [3.63, 3.8) is 0 Å². The molecule has 6 heteroatoms. The molecule has 100 valence electrons. The second kappa shape index (κ2) is 7.33. The van der Waals surface area contributed by atoms with E-state index in [-0.39, 0.29) is 5.97 Å². The molecule has 0 aliphatic rings. The van der Waals surface area contributed by atoms with E-state index in [1.807, 2.05) is 13.8 Å². The minimum Gasteiger partial charge on any atom is -0.465 e. The molecule has 1 aromatic rings. The molecule has 0 spiro atoms. The van der Waals surface area contributed by atoms with E-state index < -0.39 is 5.54 Å². The molecule has 1 N–H and O–H groups in total. The van der Waals surface area contributed by atoms with E-state index in [4.69, 9.17) is 4.74 Å². The predicted octanol–water partition coefficient (Wildman–Crippen LogP) is 1.50. The number of hydrogen-bond acceptors (Lipinski definition) is 6. The number of nitrogens with one attached hydrogen (secondary N) is 1. The highest BCUT2D eigenvalue weighted by Gasteiger charge is 2.34. The number of carbonyl (C=O) groups is 1. The van der Waals surface area contributed by atoms with Gasteiger partial charge >= 0.3 is 5.97 Å². The van der Waals surface area contributed by atoms with E-state index in [1.165, 1.54) is 11.8 Å². The van der Waals surface area contributed by atoms with E-state index in [0.717, 1.165) is 5.03 Å². The molecule has 0 amide bonds. The summed E-state index contributed by atoms with van der Waals surface area (Å²) in [5.74, 6) is 0.321. The predicted molar refractivity (Wildman–Crippen MR) is 71.5 cm³/mol. The minimum absolute atomic E-state index is 0.233. The maximum atomic E-state index is 11.9. The van der Waals surface area contributed by atoms with Crippen LogP contribution in [0, 0.1) is 0 Å². The van der Waals surface area contributed by atoms with Gasteiger partial charge in [0.25, 0.3) is 0 Å². The van der Waals surface area contributed by atoms with Gasteiger partial charge in [-0.25, -0.2) is 4.98 Å². The zero-order valence-corrected chi connectivity index (χ0v) is 11.8. The number of carbonyl (C=O) groups excluding carboxylic acids is 1. The smallest absolute Gasteiger partial charge is 0.326 e. The van der Waals surface area contributed by atoms with E-state index >= 15 is 0 Å². The van der Waals surface area contributed by atoms with Gasteiger partial charge in [0.15, 0.2) is 0 Å². The van der Waals surface area contributed by atoms with E-state index in [0.29, 0.717) is 18.9 Å². The number of esters is 1. The molecule has 1 atom stereocenters. The standard InChI is InChI=1S/C12H19N3O2S/c1-4-15-12(3,11(16)17-5-2)9-18-10-8-13-6-7-14-10/h6-8,15H,4-5,9H2,1-3H3. The monoisotopic (exact) mass is 269 g/mol. The van der Waals surface area contributed by atoms with Gasteiger partial charge in [-0.1, -0.05) is 6.92 Å². The first-order valence-corrected chi connectivity index (χ1v) is 6.92. The number of rotatable bonds is 7. The van der Waals surface area contributed by atoms with Crippen LogP contribution >= 0.6 is 11.8 Å². The molecule has 0 radical (unpaired) electrons. The Labute approximate surface area is 112 Å². The molecule has 0 fully saturated rings.